The molecule has 1 atom stereocenters. The van der Waals surface area contributed by atoms with E-state index in [1.165, 1.54) is 0 Å². The molecule has 4 heteroatoms. The first-order valence-electron chi connectivity index (χ1n) is 8.27. The summed E-state index contributed by atoms with van der Waals surface area (Å²) in [7, 11) is 3.58. The van der Waals surface area contributed by atoms with Gasteiger partial charge in [0.2, 0.25) is 5.91 Å². The smallest absolute Gasteiger partial charge is 0.227 e. The molecule has 1 amide bonds. The van der Waals surface area contributed by atoms with E-state index in [4.69, 9.17) is 4.74 Å². The van der Waals surface area contributed by atoms with Crippen molar-refractivity contribution in [3.8, 4) is 5.75 Å². The number of hydrogen-bond acceptors (Lipinski definition) is 3. The van der Waals surface area contributed by atoms with Gasteiger partial charge in [-0.25, -0.2) is 0 Å². The van der Waals surface area contributed by atoms with Gasteiger partial charge in [0.15, 0.2) is 0 Å². The van der Waals surface area contributed by atoms with Crippen molar-refractivity contribution in [1.29, 1.82) is 0 Å². The van der Waals surface area contributed by atoms with E-state index >= 15 is 0 Å². The summed E-state index contributed by atoms with van der Waals surface area (Å²) < 4.78 is 5.16. The summed E-state index contributed by atoms with van der Waals surface area (Å²) in [5.74, 6) is 1.41. The Morgan fingerprint density at radius 2 is 1.83 bits per heavy atom. The summed E-state index contributed by atoms with van der Waals surface area (Å²) in [5.41, 5.74) is 1.02. The maximum Gasteiger partial charge on any atom is 0.227 e. The predicted molar refractivity (Wildman–Crippen MR) is 93.7 cm³/mol. The van der Waals surface area contributed by atoms with Crippen LogP contribution in [0.3, 0.4) is 0 Å². The number of rotatable bonds is 7. The monoisotopic (exact) mass is 316 g/mol. The molecule has 126 valence electrons. The van der Waals surface area contributed by atoms with Crippen LogP contribution in [0.1, 0.15) is 19.4 Å². The second kappa shape index (κ2) is 8.16. The number of ether oxygens (including phenoxy) is 1. The molecule has 0 spiro atoms. The quantitative estimate of drug-likeness (QED) is 0.725. The Hall–Kier alpha value is -1.81. The highest BCUT2D eigenvalue weighted by molar-refractivity contribution is 5.79. The van der Waals surface area contributed by atoms with Crippen LogP contribution in [-0.2, 0) is 11.2 Å². The fraction of sp³-hybridized carbons (Fsp3) is 0.526. The standard InChI is InChI=1S/C19H28N2O2/c1-15(2)18(14-21-11-5-6-12-21)20(3)19(22)13-16-7-9-17(23-4)10-8-16/h5-10,15,18H,11-14H2,1-4H3/t18-/m1/s1. The SMILES string of the molecule is COc1ccc(CC(=O)N(C)[C@H](CN2CC=CC2)C(C)C)cc1. The van der Waals surface area contributed by atoms with Crippen LogP contribution >= 0.6 is 0 Å². The Morgan fingerprint density at radius 1 is 1.22 bits per heavy atom. The molecule has 0 saturated carbocycles. The fourth-order valence-electron chi connectivity index (χ4n) is 2.94. The second-order valence-electron chi connectivity index (χ2n) is 6.53. The van der Waals surface area contributed by atoms with Gasteiger partial charge in [-0.15, -0.1) is 0 Å². The Morgan fingerprint density at radius 3 is 2.35 bits per heavy atom. The summed E-state index contributed by atoms with van der Waals surface area (Å²) in [4.78, 5) is 16.9. The molecule has 0 unspecified atom stereocenters. The minimum absolute atomic E-state index is 0.168. The van der Waals surface area contributed by atoms with E-state index in [0.29, 0.717) is 12.3 Å². The summed E-state index contributed by atoms with van der Waals surface area (Å²) >= 11 is 0. The molecule has 23 heavy (non-hydrogen) atoms. The second-order valence-corrected chi connectivity index (χ2v) is 6.53. The number of carbonyl (C=O) groups is 1. The average Bonchev–Trinajstić information content (AvgIpc) is 3.05. The van der Waals surface area contributed by atoms with Crippen molar-refractivity contribution in [3.05, 3.63) is 42.0 Å². The van der Waals surface area contributed by atoms with Gasteiger partial charge < -0.3 is 9.64 Å². The summed E-state index contributed by atoms with van der Waals surface area (Å²) in [6, 6.07) is 7.95. The zero-order chi connectivity index (χ0) is 16.8. The van der Waals surface area contributed by atoms with Crippen molar-refractivity contribution < 1.29 is 9.53 Å². The van der Waals surface area contributed by atoms with E-state index in [1.54, 1.807) is 7.11 Å². The van der Waals surface area contributed by atoms with Crippen molar-refractivity contribution in [2.24, 2.45) is 5.92 Å². The number of benzene rings is 1. The minimum Gasteiger partial charge on any atom is -0.497 e. The van der Waals surface area contributed by atoms with Crippen molar-refractivity contribution >= 4 is 5.91 Å². The van der Waals surface area contributed by atoms with Crippen LogP contribution in [0.25, 0.3) is 0 Å². The number of amides is 1. The molecule has 2 rings (SSSR count). The zero-order valence-corrected chi connectivity index (χ0v) is 14.7. The Balaban J connectivity index is 1.96. The molecule has 0 aromatic heterocycles. The molecule has 0 bridgehead atoms. The molecular formula is C19H28N2O2. The van der Waals surface area contributed by atoms with Gasteiger partial charge in [0.05, 0.1) is 13.5 Å². The van der Waals surface area contributed by atoms with Gasteiger partial charge in [-0.1, -0.05) is 38.1 Å². The molecule has 1 aromatic rings. The first kappa shape index (κ1) is 17.5. The van der Waals surface area contributed by atoms with E-state index < -0.39 is 0 Å². The van der Waals surface area contributed by atoms with E-state index in [2.05, 4.69) is 30.9 Å². The minimum atomic E-state index is 0.168. The molecule has 1 aromatic carbocycles. The molecule has 1 aliphatic heterocycles. The lowest BCUT2D eigenvalue weighted by Crippen LogP contribution is -2.47. The molecule has 0 radical (unpaired) electrons. The van der Waals surface area contributed by atoms with Gasteiger partial charge in [0.1, 0.15) is 5.75 Å². The van der Waals surface area contributed by atoms with E-state index in [-0.39, 0.29) is 11.9 Å². The molecule has 0 saturated heterocycles. The fourth-order valence-corrected chi connectivity index (χ4v) is 2.94. The Bertz CT molecular complexity index is 529. The highest BCUT2D eigenvalue weighted by atomic mass is 16.5. The third kappa shape index (κ3) is 4.83. The van der Waals surface area contributed by atoms with E-state index in [9.17, 15) is 4.79 Å². The van der Waals surface area contributed by atoms with Gasteiger partial charge in [-0.05, 0) is 23.6 Å². The highest BCUT2D eigenvalue weighted by Crippen LogP contribution is 2.16. The van der Waals surface area contributed by atoms with E-state index in [1.807, 2.05) is 36.2 Å². The Labute approximate surface area is 139 Å². The van der Waals surface area contributed by atoms with Gasteiger partial charge in [-0.2, -0.15) is 0 Å². The molecule has 1 heterocycles. The maximum absolute atomic E-state index is 12.6. The number of likely N-dealkylation sites (N-methyl/N-ethyl adjacent to an activating group) is 1. The highest BCUT2D eigenvalue weighted by Gasteiger charge is 2.25. The third-order valence-electron chi connectivity index (χ3n) is 4.51. The van der Waals surface area contributed by atoms with Gasteiger partial charge in [-0.3, -0.25) is 9.69 Å². The number of nitrogens with zero attached hydrogens (tertiary/aromatic N) is 2. The molecule has 0 N–H and O–H groups in total. The Kier molecular flexibility index (Phi) is 6.22. The van der Waals surface area contributed by atoms with Gasteiger partial charge >= 0.3 is 0 Å². The van der Waals surface area contributed by atoms with Crippen LogP contribution in [0.4, 0.5) is 0 Å². The number of carbonyl (C=O) groups excluding carboxylic acids is 1. The molecule has 1 aliphatic rings. The lowest BCUT2D eigenvalue weighted by atomic mass is 10.0. The molecular weight excluding hydrogens is 288 g/mol. The maximum atomic E-state index is 12.6. The third-order valence-corrected chi connectivity index (χ3v) is 4.51. The van der Waals surface area contributed by atoms with Crippen LogP contribution in [0, 0.1) is 5.92 Å². The topological polar surface area (TPSA) is 32.8 Å². The first-order chi connectivity index (χ1) is 11.0. The lowest BCUT2D eigenvalue weighted by molar-refractivity contribution is -0.132. The van der Waals surface area contributed by atoms with Crippen molar-refractivity contribution in [1.82, 2.24) is 9.80 Å². The predicted octanol–water partition coefficient (Wildman–Crippen LogP) is 2.59. The van der Waals surface area contributed by atoms with E-state index in [0.717, 1.165) is 30.9 Å². The molecule has 4 nitrogen and oxygen atoms in total. The van der Waals surface area contributed by atoms with Crippen LogP contribution in [0.5, 0.6) is 5.75 Å². The number of hydrogen-bond donors (Lipinski definition) is 0. The van der Waals surface area contributed by atoms with Gasteiger partial charge in [0, 0.05) is 32.7 Å². The normalized spacial score (nSPS) is 15.9. The van der Waals surface area contributed by atoms with Gasteiger partial charge in [0.25, 0.3) is 0 Å². The lowest BCUT2D eigenvalue weighted by Gasteiger charge is -2.34. The van der Waals surface area contributed by atoms with Crippen molar-refractivity contribution in [3.63, 3.8) is 0 Å². The summed E-state index contributed by atoms with van der Waals surface area (Å²) in [5, 5.41) is 0. The zero-order valence-electron chi connectivity index (χ0n) is 14.7. The number of methoxy groups -OCH3 is 1. The molecule has 0 aliphatic carbocycles. The average molecular weight is 316 g/mol. The van der Waals surface area contributed by atoms with Crippen LogP contribution in [-0.4, -0.2) is 55.5 Å². The van der Waals surface area contributed by atoms with Crippen molar-refractivity contribution in [2.75, 3.05) is 33.8 Å². The van der Waals surface area contributed by atoms with Crippen LogP contribution < -0.4 is 4.74 Å². The molecule has 0 fully saturated rings. The largest absolute Gasteiger partial charge is 0.497 e. The summed E-state index contributed by atoms with van der Waals surface area (Å²) in [6.45, 7) is 7.28. The summed E-state index contributed by atoms with van der Waals surface area (Å²) in [6.07, 6.45) is 4.81. The first-order valence-corrected chi connectivity index (χ1v) is 8.27. The van der Waals surface area contributed by atoms with Crippen LogP contribution in [0.2, 0.25) is 0 Å². The van der Waals surface area contributed by atoms with Crippen LogP contribution in [0.15, 0.2) is 36.4 Å². The van der Waals surface area contributed by atoms with Crippen molar-refractivity contribution in [2.45, 2.75) is 26.3 Å².